The van der Waals surface area contributed by atoms with E-state index in [1.165, 1.54) is 5.56 Å². The number of rotatable bonds is 3. The topological polar surface area (TPSA) is 50.9 Å². The molecule has 0 fully saturated rings. The lowest BCUT2D eigenvalue weighted by molar-refractivity contribution is 0.587. The van der Waals surface area contributed by atoms with E-state index >= 15 is 0 Å². The summed E-state index contributed by atoms with van der Waals surface area (Å²) in [5.74, 6) is 0.839. The van der Waals surface area contributed by atoms with Crippen LogP contribution in [-0.4, -0.2) is 4.98 Å². The summed E-state index contributed by atoms with van der Waals surface area (Å²) < 4.78 is 0. The van der Waals surface area contributed by atoms with E-state index in [2.05, 4.69) is 37.1 Å². The van der Waals surface area contributed by atoms with Gasteiger partial charge in [0.25, 0.3) is 0 Å². The van der Waals surface area contributed by atoms with Crippen molar-refractivity contribution in [1.29, 1.82) is 0 Å². The zero-order valence-electron chi connectivity index (χ0n) is 12.6. The Morgan fingerprint density at radius 1 is 1.10 bits per heavy atom. The molecule has 2 aromatic rings. The second-order valence-corrected chi connectivity index (χ2v) is 6.18. The third kappa shape index (κ3) is 3.36. The maximum atomic E-state index is 5.99. The van der Waals surface area contributed by atoms with E-state index in [1.54, 1.807) is 0 Å². The number of hydrogen-bond acceptors (Lipinski definition) is 3. The van der Waals surface area contributed by atoms with E-state index in [0.717, 1.165) is 17.1 Å². The second-order valence-electron chi connectivity index (χ2n) is 6.18. The number of para-hydroxylation sites is 1. The standard InChI is InChI=1S/C17H23N3/c1-12(18)14-7-5-6-8-15(14)20-16-10-9-13(11-19-16)17(2,3)4/h5-12H,18H2,1-4H3,(H,19,20). The highest BCUT2D eigenvalue weighted by molar-refractivity contribution is 5.61. The van der Waals surface area contributed by atoms with Gasteiger partial charge in [-0.25, -0.2) is 4.98 Å². The predicted octanol–water partition coefficient (Wildman–Crippen LogP) is 4.14. The SMILES string of the molecule is CC(N)c1ccccc1Nc1ccc(C(C)(C)C)cn1. The third-order valence-electron chi connectivity index (χ3n) is 3.34. The first kappa shape index (κ1) is 14.5. The molecule has 0 amide bonds. The maximum Gasteiger partial charge on any atom is 0.130 e. The van der Waals surface area contributed by atoms with Crippen molar-refractivity contribution >= 4 is 11.5 Å². The van der Waals surface area contributed by atoms with Gasteiger partial charge in [0.1, 0.15) is 5.82 Å². The first-order chi connectivity index (χ1) is 9.38. The minimum Gasteiger partial charge on any atom is -0.340 e. The van der Waals surface area contributed by atoms with Crippen LogP contribution in [0.4, 0.5) is 11.5 Å². The summed E-state index contributed by atoms with van der Waals surface area (Å²) >= 11 is 0. The van der Waals surface area contributed by atoms with E-state index in [0.29, 0.717) is 0 Å². The molecule has 20 heavy (non-hydrogen) atoms. The highest BCUT2D eigenvalue weighted by Gasteiger charge is 2.14. The van der Waals surface area contributed by atoms with Crippen LogP contribution in [-0.2, 0) is 5.41 Å². The summed E-state index contributed by atoms with van der Waals surface area (Å²) in [5, 5.41) is 3.34. The molecule has 3 N–H and O–H groups in total. The molecule has 3 nitrogen and oxygen atoms in total. The van der Waals surface area contributed by atoms with Gasteiger partial charge in [-0.05, 0) is 35.6 Å². The van der Waals surface area contributed by atoms with Crippen molar-refractivity contribution < 1.29 is 0 Å². The molecule has 1 unspecified atom stereocenters. The van der Waals surface area contributed by atoms with Crippen LogP contribution in [0.2, 0.25) is 0 Å². The van der Waals surface area contributed by atoms with Crippen LogP contribution in [0.5, 0.6) is 0 Å². The third-order valence-corrected chi connectivity index (χ3v) is 3.34. The number of anilines is 2. The molecule has 1 heterocycles. The van der Waals surface area contributed by atoms with E-state index in [4.69, 9.17) is 5.73 Å². The van der Waals surface area contributed by atoms with Crippen LogP contribution in [0.1, 0.15) is 44.9 Å². The molecule has 0 saturated carbocycles. The van der Waals surface area contributed by atoms with Crippen LogP contribution >= 0.6 is 0 Å². The first-order valence-electron chi connectivity index (χ1n) is 6.96. The Balaban J connectivity index is 2.23. The molecule has 1 atom stereocenters. The minimum atomic E-state index is -0.00690. The number of aromatic nitrogens is 1. The van der Waals surface area contributed by atoms with Gasteiger partial charge >= 0.3 is 0 Å². The normalized spacial score (nSPS) is 13.1. The van der Waals surface area contributed by atoms with Gasteiger partial charge < -0.3 is 11.1 Å². The average molecular weight is 269 g/mol. The van der Waals surface area contributed by atoms with Gasteiger partial charge in [-0.1, -0.05) is 45.0 Å². The molecule has 0 saturated heterocycles. The fraction of sp³-hybridized carbons (Fsp3) is 0.353. The molecule has 0 radical (unpaired) electrons. The van der Waals surface area contributed by atoms with Crippen LogP contribution < -0.4 is 11.1 Å². The van der Waals surface area contributed by atoms with Crippen molar-refractivity contribution in [2.75, 3.05) is 5.32 Å². The van der Waals surface area contributed by atoms with Gasteiger partial charge in [0.15, 0.2) is 0 Å². The fourth-order valence-electron chi connectivity index (χ4n) is 2.06. The number of benzene rings is 1. The Morgan fingerprint density at radius 3 is 2.35 bits per heavy atom. The lowest BCUT2D eigenvalue weighted by Crippen LogP contribution is -2.12. The van der Waals surface area contributed by atoms with E-state index < -0.39 is 0 Å². The maximum absolute atomic E-state index is 5.99. The minimum absolute atomic E-state index is 0.00690. The first-order valence-corrected chi connectivity index (χ1v) is 6.96. The molecule has 106 valence electrons. The molecule has 1 aromatic carbocycles. The molecule has 0 aliphatic carbocycles. The molecular weight excluding hydrogens is 246 g/mol. The summed E-state index contributed by atoms with van der Waals surface area (Å²) in [6.07, 6.45) is 1.93. The molecule has 0 spiro atoms. The molecule has 3 heteroatoms. The van der Waals surface area contributed by atoms with E-state index in [1.807, 2.05) is 43.5 Å². The van der Waals surface area contributed by atoms with Crippen LogP contribution in [0, 0.1) is 0 Å². The summed E-state index contributed by atoms with van der Waals surface area (Å²) in [7, 11) is 0. The van der Waals surface area contributed by atoms with Gasteiger partial charge in [-0.15, -0.1) is 0 Å². The number of hydrogen-bond donors (Lipinski definition) is 2. The lowest BCUT2D eigenvalue weighted by atomic mass is 9.88. The molecule has 1 aromatic heterocycles. The second kappa shape index (κ2) is 5.63. The summed E-state index contributed by atoms with van der Waals surface area (Å²) in [6, 6.07) is 12.2. The van der Waals surface area contributed by atoms with Crippen molar-refractivity contribution in [3.05, 3.63) is 53.7 Å². The van der Waals surface area contributed by atoms with Crippen molar-refractivity contribution in [3.63, 3.8) is 0 Å². The van der Waals surface area contributed by atoms with Crippen molar-refractivity contribution in [1.82, 2.24) is 4.98 Å². The summed E-state index contributed by atoms with van der Waals surface area (Å²) in [6.45, 7) is 8.53. The van der Waals surface area contributed by atoms with E-state index in [9.17, 15) is 0 Å². The Kier molecular flexibility index (Phi) is 4.09. The lowest BCUT2D eigenvalue weighted by Gasteiger charge is -2.19. The predicted molar refractivity (Wildman–Crippen MR) is 85.3 cm³/mol. The van der Waals surface area contributed by atoms with Crippen LogP contribution in [0.15, 0.2) is 42.6 Å². The van der Waals surface area contributed by atoms with Gasteiger partial charge in [0.05, 0.1) is 0 Å². The van der Waals surface area contributed by atoms with Gasteiger partial charge in [-0.2, -0.15) is 0 Å². The van der Waals surface area contributed by atoms with Gasteiger partial charge in [-0.3, -0.25) is 0 Å². The Bertz CT molecular complexity index is 566. The fourth-order valence-corrected chi connectivity index (χ4v) is 2.06. The quantitative estimate of drug-likeness (QED) is 0.880. The van der Waals surface area contributed by atoms with E-state index in [-0.39, 0.29) is 11.5 Å². The summed E-state index contributed by atoms with van der Waals surface area (Å²) in [4.78, 5) is 4.49. The highest BCUT2D eigenvalue weighted by Crippen LogP contribution is 2.26. The Labute approximate surface area is 121 Å². The summed E-state index contributed by atoms with van der Waals surface area (Å²) in [5.41, 5.74) is 9.44. The number of nitrogens with one attached hydrogen (secondary N) is 1. The van der Waals surface area contributed by atoms with Crippen molar-refractivity contribution in [2.24, 2.45) is 5.73 Å². The average Bonchev–Trinajstić information content (AvgIpc) is 2.38. The van der Waals surface area contributed by atoms with Gasteiger partial charge in [0.2, 0.25) is 0 Å². The number of pyridine rings is 1. The highest BCUT2D eigenvalue weighted by atomic mass is 15.0. The smallest absolute Gasteiger partial charge is 0.130 e. The molecular formula is C17H23N3. The number of nitrogens with zero attached hydrogens (tertiary/aromatic N) is 1. The van der Waals surface area contributed by atoms with Crippen molar-refractivity contribution in [3.8, 4) is 0 Å². The Hall–Kier alpha value is -1.87. The Morgan fingerprint density at radius 2 is 1.80 bits per heavy atom. The molecule has 0 aliphatic rings. The molecule has 0 aliphatic heterocycles. The zero-order chi connectivity index (χ0) is 14.8. The molecule has 0 bridgehead atoms. The molecule has 2 rings (SSSR count). The van der Waals surface area contributed by atoms with Crippen LogP contribution in [0.25, 0.3) is 0 Å². The van der Waals surface area contributed by atoms with Gasteiger partial charge in [0, 0.05) is 17.9 Å². The number of nitrogens with two attached hydrogens (primary N) is 1. The monoisotopic (exact) mass is 269 g/mol. The largest absolute Gasteiger partial charge is 0.340 e. The van der Waals surface area contributed by atoms with Crippen LogP contribution in [0.3, 0.4) is 0 Å². The zero-order valence-corrected chi connectivity index (χ0v) is 12.6. The van der Waals surface area contributed by atoms with Crippen molar-refractivity contribution in [2.45, 2.75) is 39.2 Å².